The fraction of sp³-hybridized carbons (Fsp3) is 0.500. The molecule has 54 heavy (non-hydrogen) atoms. The second kappa shape index (κ2) is 16.7. The number of aromatic amines is 2. The van der Waals surface area contributed by atoms with Crippen LogP contribution in [-0.2, 0) is 19.1 Å². The van der Waals surface area contributed by atoms with E-state index in [-0.39, 0.29) is 35.7 Å². The summed E-state index contributed by atoms with van der Waals surface area (Å²) in [5.41, 5.74) is 5.56. The van der Waals surface area contributed by atoms with Gasteiger partial charge in [-0.05, 0) is 66.3 Å². The number of H-pyrrole nitrogens is 2. The van der Waals surface area contributed by atoms with Crippen LogP contribution in [0.1, 0.15) is 90.0 Å². The van der Waals surface area contributed by atoms with Crippen LogP contribution in [-0.4, -0.2) is 93.1 Å². The molecule has 2 unspecified atom stereocenters. The van der Waals surface area contributed by atoms with Gasteiger partial charge in [0.1, 0.15) is 23.7 Å². The number of amides is 4. The van der Waals surface area contributed by atoms with E-state index in [1.165, 1.54) is 14.2 Å². The van der Waals surface area contributed by atoms with Crippen molar-refractivity contribution in [2.24, 2.45) is 11.8 Å². The second-order valence-corrected chi connectivity index (χ2v) is 14.5. The lowest BCUT2D eigenvalue weighted by molar-refractivity contribution is -0.136. The van der Waals surface area contributed by atoms with E-state index in [1.807, 2.05) is 61.8 Å². The molecule has 2 aromatic carbocycles. The summed E-state index contributed by atoms with van der Waals surface area (Å²) in [6, 6.07) is 12.5. The summed E-state index contributed by atoms with van der Waals surface area (Å²) in [6.45, 7) is 9.09. The fourth-order valence-electron chi connectivity index (χ4n) is 7.59. The number of carbonyl (C=O) groups is 4. The highest BCUT2D eigenvalue weighted by atomic mass is 16.5. The van der Waals surface area contributed by atoms with Crippen LogP contribution in [0.4, 0.5) is 9.59 Å². The molecule has 0 spiro atoms. The lowest BCUT2D eigenvalue weighted by Gasteiger charge is -2.30. The Bertz CT molecular complexity index is 1960. The van der Waals surface area contributed by atoms with Gasteiger partial charge in [-0.1, -0.05) is 70.9 Å². The summed E-state index contributed by atoms with van der Waals surface area (Å²) >= 11 is 0. The van der Waals surface area contributed by atoms with Crippen molar-refractivity contribution in [3.05, 3.63) is 60.3 Å². The topological polar surface area (TPSA) is 175 Å². The number of nitrogens with one attached hydrogen (secondary N) is 4. The van der Waals surface area contributed by atoms with Gasteiger partial charge < -0.3 is 39.9 Å². The van der Waals surface area contributed by atoms with Crippen LogP contribution in [0.3, 0.4) is 0 Å². The van der Waals surface area contributed by atoms with Crippen molar-refractivity contribution >= 4 is 35.0 Å². The molecule has 2 aliphatic heterocycles. The molecule has 2 aliphatic rings. The van der Waals surface area contributed by atoms with E-state index in [9.17, 15) is 19.2 Å². The number of hydrogen-bond donors (Lipinski definition) is 4. The van der Waals surface area contributed by atoms with Crippen LogP contribution < -0.4 is 10.6 Å². The third-order valence-electron chi connectivity index (χ3n) is 11.2. The minimum absolute atomic E-state index is 0.0569. The van der Waals surface area contributed by atoms with E-state index in [2.05, 4.69) is 38.8 Å². The molecule has 6 atom stereocenters. The van der Waals surface area contributed by atoms with E-state index < -0.39 is 24.3 Å². The first-order chi connectivity index (χ1) is 26.1. The molecular formula is C40H52N8O6. The largest absolute Gasteiger partial charge is 0.453 e. The van der Waals surface area contributed by atoms with E-state index in [1.54, 1.807) is 6.20 Å². The zero-order valence-corrected chi connectivity index (χ0v) is 32.0. The monoisotopic (exact) mass is 740 g/mol. The summed E-state index contributed by atoms with van der Waals surface area (Å²) in [7, 11) is 2.60. The number of aromatic nitrogens is 4. The van der Waals surface area contributed by atoms with Crippen molar-refractivity contribution < 1.29 is 28.7 Å². The molecule has 4 aromatic rings. The highest BCUT2D eigenvalue weighted by Crippen LogP contribution is 2.35. The van der Waals surface area contributed by atoms with Gasteiger partial charge in [-0.2, -0.15) is 0 Å². The fourth-order valence-corrected chi connectivity index (χ4v) is 7.59. The predicted octanol–water partition coefficient (Wildman–Crippen LogP) is 6.49. The zero-order chi connectivity index (χ0) is 38.5. The van der Waals surface area contributed by atoms with E-state index in [0.29, 0.717) is 13.1 Å². The molecule has 6 rings (SSSR count). The molecule has 4 amide bonds. The molecule has 2 fully saturated rings. The van der Waals surface area contributed by atoms with Gasteiger partial charge in [-0.15, -0.1) is 0 Å². The zero-order valence-electron chi connectivity index (χ0n) is 32.0. The average molecular weight is 741 g/mol. The highest BCUT2D eigenvalue weighted by molar-refractivity contribution is 5.88. The van der Waals surface area contributed by atoms with Gasteiger partial charge in [-0.3, -0.25) is 9.59 Å². The van der Waals surface area contributed by atoms with Gasteiger partial charge in [0.15, 0.2) is 0 Å². The van der Waals surface area contributed by atoms with E-state index in [0.717, 1.165) is 83.6 Å². The molecule has 4 heterocycles. The predicted molar refractivity (Wildman–Crippen MR) is 204 cm³/mol. The van der Waals surface area contributed by atoms with Crippen LogP contribution >= 0.6 is 0 Å². The minimum Gasteiger partial charge on any atom is -0.453 e. The molecule has 0 bridgehead atoms. The maximum absolute atomic E-state index is 13.7. The Hall–Kier alpha value is -5.40. The van der Waals surface area contributed by atoms with Crippen LogP contribution in [0.5, 0.6) is 0 Å². The van der Waals surface area contributed by atoms with Gasteiger partial charge in [0.05, 0.1) is 49.2 Å². The normalized spacial score (nSPS) is 19.3. The molecule has 4 N–H and O–H groups in total. The maximum atomic E-state index is 13.7. The Balaban J connectivity index is 1.16. The van der Waals surface area contributed by atoms with E-state index in [4.69, 9.17) is 19.4 Å². The van der Waals surface area contributed by atoms with Crippen molar-refractivity contribution in [2.75, 3.05) is 27.3 Å². The summed E-state index contributed by atoms with van der Waals surface area (Å²) in [6.07, 6.45) is 5.28. The van der Waals surface area contributed by atoms with Crippen LogP contribution in [0.25, 0.3) is 33.4 Å². The minimum atomic E-state index is -0.680. The van der Waals surface area contributed by atoms with Gasteiger partial charge in [-0.25, -0.2) is 19.6 Å². The average Bonchev–Trinajstić information content (AvgIpc) is 4.03. The summed E-state index contributed by atoms with van der Waals surface area (Å²) in [5.74, 6) is 1.09. The number of fused-ring (bicyclic) bond motifs is 1. The number of nitrogens with zero attached hydrogens (tertiary/aromatic N) is 4. The summed E-state index contributed by atoms with van der Waals surface area (Å²) in [4.78, 5) is 71.8. The van der Waals surface area contributed by atoms with Crippen molar-refractivity contribution in [3.63, 3.8) is 0 Å². The van der Waals surface area contributed by atoms with Crippen molar-refractivity contribution in [1.29, 1.82) is 0 Å². The third-order valence-corrected chi connectivity index (χ3v) is 11.2. The number of rotatable bonds is 12. The summed E-state index contributed by atoms with van der Waals surface area (Å²) < 4.78 is 9.60. The second-order valence-electron chi connectivity index (χ2n) is 14.5. The van der Waals surface area contributed by atoms with Crippen molar-refractivity contribution in [3.8, 4) is 22.4 Å². The quantitative estimate of drug-likeness (QED) is 0.128. The SMILES string of the molecule is CCC(C)C(NC(=O)OC)C(=O)N1CCC[C@H]1c1ncc(-c2ccc(-c3ccc4nc([C@@H]5CCCN5C(=O)[C@@H](NC(=O)OC)[C@@H](C)CC)[nH]c4c3)cc2)[nH]1. The Morgan fingerprint density at radius 2 is 1.28 bits per heavy atom. The molecule has 14 heteroatoms. The van der Waals surface area contributed by atoms with E-state index >= 15 is 0 Å². The number of alkyl carbamates (subject to hydrolysis) is 2. The number of likely N-dealkylation sites (tertiary alicyclic amines) is 2. The van der Waals surface area contributed by atoms with Crippen molar-refractivity contribution in [1.82, 2.24) is 40.4 Å². The molecular weight excluding hydrogens is 688 g/mol. The third kappa shape index (κ3) is 7.92. The highest BCUT2D eigenvalue weighted by Gasteiger charge is 2.39. The van der Waals surface area contributed by atoms with Crippen LogP contribution in [0.15, 0.2) is 48.7 Å². The molecule has 2 aromatic heterocycles. The number of methoxy groups -OCH3 is 2. The van der Waals surface area contributed by atoms with Gasteiger partial charge in [0.25, 0.3) is 0 Å². The standard InChI is InChI=1S/C40H52N8O6/c1-7-23(3)33(45-39(51)53-5)37(49)47-19-9-11-31(47)35-41-22-30(44-35)26-15-13-25(14-16-26)27-17-18-28-29(21-27)43-36(42-28)32-12-10-20-48(32)38(50)34(24(4)8-2)46-40(52)54-6/h13-18,21-24,31-34H,7-12,19-20H2,1-6H3,(H,41,44)(H,42,43)(H,45,51)(H,46,52)/t23?,24-,31-,32-,33?,34-/m0/s1. The van der Waals surface area contributed by atoms with Gasteiger partial charge in [0, 0.05) is 13.1 Å². The molecule has 0 aliphatic carbocycles. The molecule has 0 saturated carbocycles. The lowest BCUT2D eigenvalue weighted by atomic mass is 9.97. The smallest absolute Gasteiger partial charge is 0.407 e. The Morgan fingerprint density at radius 1 is 0.759 bits per heavy atom. The first-order valence-corrected chi connectivity index (χ1v) is 19.0. The van der Waals surface area contributed by atoms with Crippen LogP contribution in [0, 0.1) is 11.8 Å². The first-order valence-electron chi connectivity index (χ1n) is 19.0. The number of benzene rings is 2. The van der Waals surface area contributed by atoms with Crippen molar-refractivity contribution in [2.45, 2.75) is 90.4 Å². The van der Waals surface area contributed by atoms with Gasteiger partial charge >= 0.3 is 12.2 Å². The van der Waals surface area contributed by atoms with Gasteiger partial charge in [0.2, 0.25) is 11.8 Å². The Labute approximate surface area is 315 Å². The van der Waals surface area contributed by atoms with Crippen LogP contribution in [0.2, 0.25) is 0 Å². The molecule has 14 nitrogen and oxygen atoms in total. The molecule has 2 saturated heterocycles. The number of carbonyl (C=O) groups excluding carboxylic acids is 4. The Kier molecular flexibility index (Phi) is 11.9. The number of hydrogen-bond acceptors (Lipinski definition) is 8. The Morgan fingerprint density at radius 3 is 1.81 bits per heavy atom. The molecule has 288 valence electrons. The maximum Gasteiger partial charge on any atom is 0.407 e. The number of ether oxygens (including phenoxy) is 2. The summed E-state index contributed by atoms with van der Waals surface area (Å²) in [5, 5.41) is 5.49. The number of imidazole rings is 2. The first kappa shape index (κ1) is 38.3. The lowest BCUT2D eigenvalue weighted by Crippen LogP contribution is -2.51. The molecule has 0 radical (unpaired) electrons.